The molecule has 1 fully saturated rings. The lowest BCUT2D eigenvalue weighted by atomic mass is 9.79. The summed E-state index contributed by atoms with van der Waals surface area (Å²) in [6.07, 6.45) is 2.66. The van der Waals surface area contributed by atoms with Gasteiger partial charge in [-0.1, -0.05) is 6.42 Å². The third-order valence-corrected chi connectivity index (χ3v) is 6.29. The number of carbonyl (C=O) groups excluding carboxylic acids is 1. The van der Waals surface area contributed by atoms with E-state index in [0.29, 0.717) is 30.7 Å². The third-order valence-electron chi connectivity index (χ3n) is 5.12. The Morgan fingerprint density at radius 3 is 2.18 bits per heavy atom. The van der Waals surface area contributed by atoms with Crippen LogP contribution in [0.5, 0.6) is 0 Å². The Morgan fingerprint density at radius 1 is 1.07 bits per heavy atom. The molecule has 4 nitrogen and oxygen atoms in total. The molecular formula is C20H29BF2O4S. The molecule has 1 aromatic rings. The first-order chi connectivity index (χ1) is 13.1. The number of benzene rings is 1. The fourth-order valence-corrected chi connectivity index (χ4v) is 3.73. The second-order valence-corrected chi connectivity index (χ2v) is 8.97. The van der Waals surface area contributed by atoms with Gasteiger partial charge in [0, 0.05) is 6.42 Å². The molecule has 1 aromatic carbocycles. The number of halogens is 2. The maximum atomic E-state index is 14.5. The van der Waals surface area contributed by atoms with Gasteiger partial charge in [-0.15, -0.1) is 11.8 Å². The fraction of sp³-hybridized carbons (Fsp3) is 0.650. The van der Waals surface area contributed by atoms with Crippen LogP contribution >= 0.6 is 11.8 Å². The van der Waals surface area contributed by atoms with E-state index in [1.165, 1.54) is 12.1 Å². The van der Waals surface area contributed by atoms with Gasteiger partial charge in [0.15, 0.2) is 0 Å². The Bertz CT molecular complexity index is 658. The number of hydrogen-bond donors (Lipinski definition) is 0. The summed E-state index contributed by atoms with van der Waals surface area (Å²) in [6.45, 7) is 9.74. The zero-order valence-corrected chi connectivity index (χ0v) is 18.1. The first-order valence-corrected chi connectivity index (χ1v) is 10.7. The van der Waals surface area contributed by atoms with Crippen molar-refractivity contribution in [2.75, 3.05) is 12.4 Å². The van der Waals surface area contributed by atoms with Crippen molar-refractivity contribution >= 4 is 30.3 Å². The minimum absolute atomic E-state index is 0.00524. The highest BCUT2D eigenvalue weighted by atomic mass is 32.2. The molecule has 0 saturated carbocycles. The molecule has 0 atom stereocenters. The van der Waals surface area contributed by atoms with Crippen LogP contribution in [0.25, 0.3) is 0 Å². The lowest BCUT2D eigenvalue weighted by molar-refractivity contribution is -0.143. The van der Waals surface area contributed by atoms with Crippen molar-refractivity contribution in [2.45, 2.75) is 76.4 Å². The molecule has 8 heteroatoms. The molecule has 0 aliphatic carbocycles. The fourth-order valence-electron chi connectivity index (χ4n) is 2.79. The van der Waals surface area contributed by atoms with E-state index in [1.807, 2.05) is 27.7 Å². The second kappa shape index (κ2) is 9.59. The standard InChI is InChI=1S/C20H29BF2O4S/c1-6-25-17(24)10-8-7-9-11-28-18-15(22)12-14(13-16(18)23)21-26-19(2,3)20(4,5)27-21/h12-13H,6-11H2,1-5H3. The van der Waals surface area contributed by atoms with E-state index in [2.05, 4.69) is 0 Å². The quantitative estimate of drug-likeness (QED) is 0.258. The van der Waals surface area contributed by atoms with E-state index >= 15 is 0 Å². The summed E-state index contributed by atoms with van der Waals surface area (Å²) in [5.41, 5.74) is -0.796. The maximum Gasteiger partial charge on any atom is 0.495 e. The van der Waals surface area contributed by atoms with Gasteiger partial charge in [0.05, 0.1) is 22.7 Å². The van der Waals surface area contributed by atoms with E-state index in [9.17, 15) is 13.6 Å². The molecule has 0 spiro atoms. The Morgan fingerprint density at radius 2 is 1.64 bits per heavy atom. The minimum atomic E-state index is -0.795. The average Bonchev–Trinajstić information content (AvgIpc) is 2.80. The van der Waals surface area contributed by atoms with Gasteiger partial charge >= 0.3 is 13.1 Å². The van der Waals surface area contributed by atoms with Crippen molar-refractivity contribution in [3.8, 4) is 0 Å². The summed E-state index contributed by atoms with van der Waals surface area (Å²) in [4.78, 5) is 11.3. The number of thioether (sulfide) groups is 1. The zero-order chi connectivity index (χ0) is 20.9. The SMILES string of the molecule is CCOC(=O)CCCCCSc1c(F)cc(B2OC(C)(C)C(C)(C)O2)cc1F. The van der Waals surface area contributed by atoms with Crippen LogP contribution in [0.3, 0.4) is 0 Å². The number of esters is 1. The van der Waals surface area contributed by atoms with E-state index in [1.54, 1.807) is 6.92 Å². The van der Waals surface area contributed by atoms with Gasteiger partial charge in [-0.05, 0) is 70.8 Å². The topological polar surface area (TPSA) is 44.8 Å². The van der Waals surface area contributed by atoms with Crippen LogP contribution in [0, 0.1) is 11.6 Å². The molecule has 2 rings (SSSR count). The molecule has 0 N–H and O–H groups in total. The molecule has 0 bridgehead atoms. The van der Waals surface area contributed by atoms with Crippen LogP contribution < -0.4 is 5.46 Å². The van der Waals surface area contributed by atoms with E-state index in [0.717, 1.165) is 24.6 Å². The van der Waals surface area contributed by atoms with Crippen LogP contribution in [-0.2, 0) is 18.8 Å². The Kier molecular flexibility index (Phi) is 7.93. The largest absolute Gasteiger partial charge is 0.495 e. The van der Waals surface area contributed by atoms with E-state index < -0.39 is 30.0 Å². The monoisotopic (exact) mass is 414 g/mol. The minimum Gasteiger partial charge on any atom is -0.466 e. The zero-order valence-electron chi connectivity index (χ0n) is 17.3. The average molecular weight is 414 g/mol. The van der Waals surface area contributed by atoms with Crippen molar-refractivity contribution in [2.24, 2.45) is 0 Å². The van der Waals surface area contributed by atoms with Gasteiger partial charge in [0.2, 0.25) is 0 Å². The lowest BCUT2D eigenvalue weighted by Gasteiger charge is -2.32. The number of hydrogen-bond acceptors (Lipinski definition) is 5. The number of ether oxygens (including phenoxy) is 1. The predicted molar refractivity (Wildman–Crippen MR) is 108 cm³/mol. The Labute approximate surface area is 170 Å². The number of unbranched alkanes of at least 4 members (excludes halogenated alkanes) is 2. The molecule has 1 saturated heterocycles. The lowest BCUT2D eigenvalue weighted by Crippen LogP contribution is -2.41. The normalized spacial score (nSPS) is 17.8. The second-order valence-electron chi connectivity index (χ2n) is 7.87. The predicted octanol–water partition coefficient (Wildman–Crippen LogP) is 4.48. The first kappa shape index (κ1) is 23.2. The van der Waals surface area contributed by atoms with Gasteiger partial charge in [0.1, 0.15) is 11.6 Å². The van der Waals surface area contributed by atoms with Crippen LogP contribution in [0.2, 0.25) is 0 Å². The van der Waals surface area contributed by atoms with Crippen LogP contribution in [0.1, 0.15) is 60.3 Å². The van der Waals surface area contributed by atoms with Gasteiger partial charge in [-0.3, -0.25) is 4.79 Å². The highest BCUT2D eigenvalue weighted by Crippen LogP contribution is 2.37. The van der Waals surface area contributed by atoms with Crippen LogP contribution in [0.4, 0.5) is 8.78 Å². The molecule has 28 heavy (non-hydrogen) atoms. The molecule has 1 aliphatic heterocycles. The molecule has 0 unspecified atom stereocenters. The van der Waals surface area contributed by atoms with Crippen molar-refractivity contribution in [1.82, 2.24) is 0 Å². The summed E-state index contributed by atoms with van der Waals surface area (Å²) in [7, 11) is -0.795. The molecule has 0 radical (unpaired) electrons. The molecule has 0 aromatic heterocycles. The van der Waals surface area contributed by atoms with Gasteiger partial charge < -0.3 is 14.0 Å². The van der Waals surface area contributed by atoms with Crippen molar-refractivity contribution in [3.05, 3.63) is 23.8 Å². The van der Waals surface area contributed by atoms with Gasteiger partial charge in [-0.2, -0.15) is 0 Å². The molecule has 1 aliphatic rings. The first-order valence-electron chi connectivity index (χ1n) is 9.70. The maximum absolute atomic E-state index is 14.5. The Balaban J connectivity index is 1.88. The smallest absolute Gasteiger partial charge is 0.466 e. The van der Waals surface area contributed by atoms with Crippen LogP contribution in [0.15, 0.2) is 17.0 Å². The van der Waals surface area contributed by atoms with Gasteiger partial charge in [-0.25, -0.2) is 8.78 Å². The number of carbonyl (C=O) groups is 1. The van der Waals surface area contributed by atoms with E-state index in [4.69, 9.17) is 14.0 Å². The number of rotatable bonds is 9. The van der Waals surface area contributed by atoms with Crippen molar-refractivity contribution < 1.29 is 27.6 Å². The summed E-state index contributed by atoms with van der Waals surface area (Å²) >= 11 is 1.15. The van der Waals surface area contributed by atoms with Crippen LogP contribution in [-0.4, -0.2) is 36.6 Å². The summed E-state index contributed by atoms with van der Waals surface area (Å²) in [6, 6.07) is 2.57. The highest BCUT2D eigenvalue weighted by Gasteiger charge is 2.52. The summed E-state index contributed by atoms with van der Waals surface area (Å²) in [5, 5.41) is 0. The molecule has 156 valence electrons. The third kappa shape index (κ3) is 5.70. The highest BCUT2D eigenvalue weighted by molar-refractivity contribution is 7.99. The molecule has 0 amide bonds. The van der Waals surface area contributed by atoms with Crippen molar-refractivity contribution in [1.29, 1.82) is 0 Å². The Hall–Kier alpha value is -1.12. The molecular weight excluding hydrogens is 385 g/mol. The summed E-state index contributed by atoms with van der Waals surface area (Å²) < 4.78 is 45.6. The molecule has 1 heterocycles. The van der Waals surface area contributed by atoms with E-state index in [-0.39, 0.29) is 10.9 Å². The van der Waals surface area contributed by atoms with Crippen molar-refractivity contribution in [3.63, 3.8) is 0 Å². The van der Waals surface area contributed by atoms with Gasteiger partial charge in [0.25, 0.3) is 0 Å². The summed E-state index contributed by atoms with van der Waals surface area (Å²) in [5.74, 6) is -0.847.